The molecule has 1 atom stereocenters. The summed E-state index contributed by atoms with van der Waals surface area (Å²) >= 11 is 1.48. The Morgan fingerprint density at radius 3 is 3.00 bits per heavy atom. The number of carbonyl (C=O) groups is 1. The Hall–Kier alpha value is -1.00. The summed E-state index contributed by atoms with van der Waals surface area (Å²) in [7, 11) is 0. The monoisotopic (exact) mass is 235 g/mol. The van der Waals surface area contributed by atoms with Crippen molar-refractivity contribution in [1.29, 1.82) is 0 Å². The molecule has 0 saturated heterocycles. The molecule has 0 aromatic heterocycles. The second-order valence-corrected chi connectivity index (χ2v) is 4.89. The number of amides is 1. The molecule has 3 nitrogen and oxygen atoms in total. The van der Waals surface area contributed by atoms with Gasteiger partial charge >= 0.3 is 0 Å². The molecular formula is C12H15N2OS. The van der Waals surface area contributed by atoms with Crippen LogP contribution in [-0.2, 0) is 11.3 Å². The molecular weight excluding hydrogens is 220 g/mol. The third kappa shape index (κ3) is 2.23. The predicted octanol–water partition coefficient (Wildman–Crippen LogP) is 1.98. The molecule has 4 heteroatoms. The molecule has 0 aliphatic carbocycles. The number of fused-ring (bicyclic) bond motifs is 1. The van der Waals surface area contributed by atoms with Gasteiger partial charge in [-0.15, -0.1) is 0 Å². The summed E-state index contributed by atoms with van der Waals surface area (Å²) in [6, 6.07) is 7.63. The van der Waals surface area contributed by atoms with Gasteiger partial charge in [-0.25, -0.2) is 0 Å². The molecule has 2 N–H and O–H groups in total. The highest BCUT2D eigenvalue weighted by Gasteiger charge is 2.27. The molecule has 0 fully saturated rings. The molecule has 1 aromatic carbocycles. The molecule has 1 amide bonds. The number of nitrogens with zero attached hydrogens (tertiary/aromatic N) is 1. The van der Waals surface area contributed by atoms with E-state index in [1.807, 2.05) is 24.3 Å². The SMILES string of the molecule is [CH2]CCC(N)C(=O)N1Cc2ccccc2S1. The van der Waals surface area contributed by atoms with Crippen molar-refractivity contribution >= 4 is 17.9 Å². The van der Waals surface area contributed by atoms with Gasteiger partial charge in [0, 0.05) is 4.90 Å². The third-order valence-corrected chi connectivity index (χ3v) is 3.70. The zero-order valence-corrected chi connectivity index (χ0v) is 9.87. The maximum atomic E-state index is 12.0. The van der Waals surface area contributed by atoms with Crippen LogP contribution in [0.25, 0.3) is 0 Å². The maximum absolute atomic E-state index is 12.0. The number of hydrogen-bond donors (Lipinski definition) is 1. The number of nitrogens with two attached hydrogens (primary N) is 1. The van der Waals surface area contributed by atoms with Crippen LogP contribution in [0.15, 0.2) is 29.2 Å². The first-order valence-electron chi connectivity index (χ1n) is 5.34. The summed E-state index contributed by atoms with van der Waals surface area (Å²) in [5.74, 6) is 0.00449. The number of carbonyl (C=O) groups excluding carboxylic acids is 1. The molecule has 0 spiro atoms. The molecule has 1 aliphatic heterocycles. The van der Waals surface area contributed by atoms with E-state index in [2.05, 4.69) is 6.92 Å². The van der Waals surface area contributed by atoms with Crippen LogP contribution in [0.2, 0.25) is 0 Å². The zero-order chi connectivity index (χ0) is 11.5. The van der Waals surface area contributed by atoms with Crippen molar-refractivity contribution in [3.8, 4) is 0 Å². The molecule has 16 heavy (non-hydrogen) atoms. The maximum Gasteiger partial charge on any atom is 0.249 e. The van der Waals surface area contributed by atoms with E-state index < -0.39 is 6.04 Å². The Morgan fingerprint density at radius 1 is 1.56 bits per heavy atom. The van der Waals surface area contributed by atoms with Crippen LogP contribution in [0.5, 0.6) is 0 Å². The van der Waals surface area contributed by atoms with Crippen molar-refractivity contribution in [2.24, 2.45) is 5.73 Å². The Balaban J connectivity index is 2.03. The Morgan fingerprint density at radius 2 is 2.31 bits per heavy atom. The van der Waals surface area contributed by atoms with Crippen LogP contribution in [0.4, 0.5) is 0 Å². The highest BCUT2D eigenvalue weighted by atomic mass is 32.2. The van der Waals surface area contributed by atoms with Crippen LogP contribution < -0.4 is 5.73 Å². The normalized spacial score (nSPS) is 16.0. The summed E-state index contributed by atoms with van der Waals surface area (Å²) < 4.78 is 1.74. The number of hydrogen-bond acceptors (Lipinski definition) is 3. The van der Waals surface area contributed by atoms with Crippen LogP contribution in [-0.4, -0.2) is 16.3 Å². The molecule has 1 heterocycles. The molecule has 1 aromatic rings. The van der Waals surface area contributed by atoms with E-state index in [9.17, 15) is 4.79 Å². The van der Waals surface area contributed by atoms with Crippen molar-refractivity contribution in [3.63, 3.8) is 0 Å². The van der Waals surface area contributed by atoms with Gasteiger partial charge in [0.15, 0.2) is 0 Å². The van der Waals surface area contributed by atoms with E-state index in [1.54, 1.807) is 4.31 Å². The first kappa shape index (κ1) is 11.5. The molecule has 1 radical (unpaired) electrons. The lowest BCUT2D eigenvalue weighted by Gasteiger charge is -2.18. The van der Waals surface area contributed by atoms with Gasteiger partial charge in [-0.3, -0.25) is 9.10 Å². The first-order valence-corrected chi connectivity index (χ1v) is 6.12. The summed E-state index contributed by atoms with van der Waals surface area (Å²) in [4.78, 5) is 13.1. The first-order chi connectivity index (χ1) is 7.72. The van der Waals surface area contributed by atoms with Crippen LogP contribution >= 0.6 is 11.9 Å². The van der Waals surface area contributed by atoms with E-state index in [1.165, 1.54) is 17.5 Å². The van der Waals surface area contributed by atoms with Crippen molar-refractivity contribution in [1.82, 2.24) is 4.31 Å². The lowest BCUT2D eigenvalue weighted by atomic mass is 10.1. The van der Waals surface area contributed by atoms with Gasteiger partial charge in [-0.2, -0.15) is 0 Å². The van der Waals surface area contributed by atoms with Gasteiger partial charge in [0.05, 0.1) is 12.6 Å². The average molecular weight is 235 g/mol. The van der Waals surface area contributed by atoms with Gasteiger partial charge < -0.3 is 5.73 Å². The largest absolute Gasteiger partial charge is 0.320 e. The third-order valence-electron chi connectivity index (χ3n) is 2.57. The van der Waals surface area contributed by atoms with E-state index in [-0.39, 0.29) is 5.91 Å². The van der Waals surface area contributed by atoms with Crippen molar-refractivity contribution in [3.05, 3.63) is 36.8 Å². The quantitative estimate of drug-likeness (QED) is 0.815. The standard InChI is InChI=1S/C12H15N2OS/c1-2-5-10(13)12(15)14-8-9-6-3-4-7-11(9)16-14/h3-4,6-7,10H,1-2,5,8,13H2. The Labute approximate surface area is 100 Å². The molecule has 1 unspecified atom stereocenters. The van der Waals surface area contributed by atoms with E-state index in [0.29, 0.717) is 19.4 Å². The second kappa shape index (κ2) is 4.89. The van der Waals surface area contributed by atoms with Crippen molar-refractivity contribution in [2.75, 3.05) is 0 Å². The Kier molecular flexibility index (Phi) is 3.51. The fraction of sp³-hybridized carbons (Fsp3) is 0.333. The van der Waals surface area contributed by atoms with Gasteiger partial charge in [0.1, 0.15) is 0 Å². The average Bonchev–Trinajstić information content (AvgIpc) is 2.71. The minimum absolute atomic E-state index is 0.00449. The second-order valence-electron chi connectivity index (χ2n) is 3.82. The lowest BCUT2D eigenvalue weighted by molar-refractivity contribution is -0.127. The van der Waals surface area contributed by atoms with Crippen molar-refractivity contribution in [2.45, 2.75) is 30.3 Å². The molecule has 1 aliphatic rings. The van der Waals surface area contributed by atoms with Gasteiger partial charge in [-0.1, -0.05) is 31.5 Å². The van der Waals surface area contributed by atoms with Crippen LogP contribution in [0, 0.1) is 6.92 Å². The molecule has 85 valence electrons. The molecule has 0 saturated carbocycles. The minimum atomic E-state index is -0.417. The Bertz CT molecular complexity index is 369. The summed E-state index contributed by atoms with van der Waals surface area (Å²) in [5, 5.41) is 0. The zero-order valence-electron chi connectivity index (χ0n) is 9.06. The topological polar surface area (TPSA) is 46.3 Å². The smallest absolute Gasteiger partial charge is 0.249 e. The predicted molar refractivity (Wildman–Crippen MR) is 65.4 cm³/mol. The van der Waals surface area contributed by atoms with Crippen molar-refractivity contribution < 1.29 is 4.79 Å². The van der Waals surface area contributed by atoms with Crippen LogP contribution in [0.1, 0.15) is 18.4 Å². The summed E-state index contributed by atoms with van der Waals surface area (Å²) in [6.07, 6.45) is 1.34. The van der Waals surface area contributed by atoms with Gasteiger partial charge in [-0.05, 0) is 30.0 Å². The lowest BCUT2D eigenvalue weighted by Crippen LogP contribution is -2.38. The fourth-order valence-corrected chi connectivity index (χ4v) is 2.74. The number of benzene rings is 1. The van der Waals surface area contributed by atoms with Crippen LogP contribution in [0.3, 0.4) is 0 Å². The summed E-state index contributed by atoms with van der Waals surface area (Å²) in [6.45, 7) is 4.37. The minimum Gasteiger partial charge on any atom is -0.320 e. The van der Waals surface area contributed by atoms with Gasteiger partial charge in [0.2, 0.25) is 5.91 Å². The van der Waals surface area contributed by atoms with Gasteiger partial charge in [0.25, 0.3) is 0 Å². The highest BCUT2D eigenvalue weighted by molar-refractivity contribution is 7.97. The highest BCUT2D eigenvalue weighted by Crippen LogP contribution is 2.35. The van der Waals surface area contributed by atoms with E-state index in [4.69, 9.17) is 5.73 Å². The number of rotatable bonds is 3. The molecule has 0 bridgehead atoms. The van der Waals surface area contributed by atoms with E-state index >= 15 is 0 Å². The molecule has 2 rings (SSSR count). The van der Waals surface area contributed by atoms with E-state index in [0.717, 1.165) is 4.90 Å². The summed E-state index contributed by atoms with van der Waals surface area (Å²) in [5.41, 5.74) is 6.99. The fourth-order valence-electron chi connectivity index (χ4n) is 1.68.